The Balaban J connectivity index is 3.81. The molecule has 0 N–H and O–H groups in total. The average molecular weight is 247 g/mol. The third-order valence-electron chi connectivity index (χ3n) is 2.34. The van der Waals surface area contributed by atoms with Crippen molar-refractivity contribution in [3.63, 3.8) is 0 Å². The quantitative estimate of drug-likeness (QED) is 0.401. The minimum Gasteiger partial charge on any atom is -0.465 e. The Morgan fingerprint density at radius 3 is 2.12 bits per heavy atom. The molecular formula is C12H25NO4. The van der Waals surface area contributed by atoms with Gasteiger partial charge in [-0.25, -0.2) is 0 Å². The Labute approximate surface area is 104 Å². The van der Waals surface area contributed by atoms with Crippen molar-refractivity contribution in [1.29, 1.82) is 0 Å². The second-order valence-electron chi connectivity index (χ2n) is 3.84. The average Bonchev–Trinajstić information content (AvgIpc) is 2.33. The van der Waals surface area contributed by atoms with E-state index in [9.17, 15) is 4.79 Å². The van der Waals surface area contributed by atoms with Crippen LogP contribution in [0.3, 0.4) is 0 Å². The number of hydrogen-bond donors (Lipinski definition) is 0. The molecule has 0 spiro atoms. The zero-order valence-corrected chi connectivity index (χ0v) is 11.2. The van der Waals surface area contributed by atoms with E-state index in [0.717, 1.165) is 12.8 Å². The van der Waals surface area contributed by atoms with Crippen LogP contribution in [0.4, 0.5) is 0 Å². The molecular weight excluding hydrogens is 222 g/mol. The summed E-state index contributed by atoms with van der Waals surface area (Å²) in [6, 6.07) is 0. The highest BCUT2D eigenvalue weighted by atomic mass is 16.5. The standard InChI is InChI=1S/C12H25NO4/c1-4-5-8-17-12(14)11-13(6-9-15-2)7-10-16-3/h4-11H2,1-3H3. The van der Waals surface area contributed by atoms with Gasteiger partial charge in [-0.05, 0) is 6.42 Å². The zero-order valence-electron chi connectivity index (χ0n) is 11.2. The van der Waals surface area contributed by atoms with Crippen molar-refractivity contribution < 1.29 is 19.0 Å². The molecule has 0 fully saturated rings. The maximum atomic E-state index is 11.5. The van der Waals surface area contributed by atoms with E-state index in [2.05, 4.69) is 6.92 Å². The highest BCUT2D eigenvalue weighted by Gasteiger charge is 2.11. The lowest BCUT2D eigenvalue weighted by Crippen LogP contribution is -2.36. The summed E-state index contributed by atoms with van der Waals surface area (Å²) in [7, 11) is 3.29. The van der Waals surface area contributed by atoms with Crippen LogP contribution < -0.4 is 0 Å². The monoisotopic (exact) mass is 247 g/mol. The molecule has 0 aromatic rings. The predicted molar refractivity (Wildman–Crippen MR) is 66.1 cm³/mol. The lowest BCUT2D eigenvalue weighted by Gasteiger charge is -2.20. The molecule has 0 heterocycles. The molecule has 0 aliphatic carbocycles. The lowest BCUT2D eigenvalue weighted by molar-refractivity contribution is -0.145. The Hall–Kier alpha value is -0.650. The van der Waals surface area contributed by atoms with Crippen LogP contribution in [0.2, 0.25) is 0 Å². The van der Waals surface area contributed by atoms with E-state index in [0.29, 0.717) is 39.5 Å². The van der Waals surface area contributed by atoms with Crippen molar-refractivity contribution in [3.8, 4) is 0 Å². The molecule has 0 aliphatic rings. The van der Waals surface area contributed by atoms with Crippen LogP contribution in [0, 0.1) is 0 Å². The highest BCUT2D eigenvalue weighted by molar-refractivity contribution is 5.71. The van der Waals surface area contributed by atoms with Crippen molar-refractivity contribution in [2.24, 2.45) is 0 Å². The van der Waals surface area contributed by atoms with Crippen LogP contribution in [-0.2, 0) is 19.0 Å². The summed E-state index contributed by atoms with van der Waals surface area (Å²) >= 11 is 0. The van der Waals surface area contributed by atoms with Gasteiger partial charge in [-0.3, -0.25) is 9.69 Å². The summed E-state index contributed by atoms with van der Waals surface area (Å²) in [5, 5.41) is 0. The van der Waals surface area contributed by atoms with Crippen molar-refractivity contribution in [3.05, 3.63) is 0 Å². The summed E-state index contributed by atoms with van der Waals surface area (Å²) in [5.74, 6) is -0.175. The van der Waals surface area contributed by atoms with Gasteiger partial charge < -0.3 is 14.2 Å². The molecule has 5 nitrogen and oxygen atoms in total. The number of carbonyl (C=O) groups excluding carboxylic acids is 1. The second-order valence-corrected chi connectivity index (χ2v) is 3.84. The van der Waals surface area contributed by atoms with E-state index >= 15 is 0 Å². The lowest BCUT2D eigenvalue weighted by atomic mass is 10.4. The van der Waals surface area contributed by atoms with Gasteiger partial charge in [-0.1, -0.05) is 13.3 Å². The van der Waals surface area contributed by atoms with E-state index in [-0.39, 0.29) is 5.97 Å². The van der Waals surface area contributed by atoms with Gasteiger partial charge in [-0.2, -0.15) is 0 Å². The van der Waals surface area contributed by atoms with Gasteiger partial charge in [0.15, 0.2) is 0 Å². The Bertz CT molecular complexity index is 179. The van der Waals surface area contributed by atoms with Gasteiger partial charge >= 0.3 is 5.97 Å². The van der Waals surface area contributed by atoms with Gasteiger partial charge in [0.1, 0.15) is 0 Å². The van der Waals surface area contributed by atoms with Crippen LogP contribution in [0.15, 0.2) is 0 Å². The third kappa shape index (κ3) is 10.2. The zero-order chi connectivity index (χ0) is 12.9. The molecule has 0 aliphatic heterocycles. The first-order valence-corrected chi connectivity index (χ1v) is 6.10. The molecule has 0 saturated heterocycles. The molecule has 0 saturated carbocycles. The summed E-state index contributed by atoms with van der Waals surface area (Å²) in [6.07, 6.45) is 1.95. The first kappa shape index (κ1) is 16.4. The fraction of sp³-hybridized carbons (Fsp3) is 0.917. The molecule has 0 amide bonds. The molecule has 102 valence electrons. The van der Waals surface area contributed by atoms with Crippen LogP contribution >= 0.6 is 0 Å². The normalized spacial score (nSPS) is 10.8. The van der Waals surface area contributed by atoms with E-state index in [4.69, 9.17) is 14.2 Å². The number of hydrogen-bond acceptors (Lipinski definition) is 5. The maximum absolute atomic E-state index is 11.5. The molecule has 0 unspecified atom stereocenters. The van der Waals surface area contributed by atoms with Gasteiger partial charge in [0.2, 0.25) is 0 Å². The largest absolute Gasteiger partial charge is 0.465 e. The first-order chi connectivity index (χ1) is 8.24. The third-order valence-corrected chi connectivity index (χ3v) is 2.34. The van der Waals surface area contributed by atoms with E-state index < -0.39 is 0 Å². The number of methoxy groups -OCH3 is 2. The highest BCUT2D eigenvalue weighted by Crippen LogP contribution is 1.94. The number of rotatable bonds is 11. The van der Waals surface area contributed by atoms with Gasteiger partial charge in [0, 0.05) is 27.3 Å². The molecule has 0 bridgehead atoms. The molecule has 0 rings (SSSR count). The Kier molecular flexibility index (Phi) is 11.4. The van der Waals surface area contributed by atoms with Crippen molar-refractivity contribution in [2.75, 3.05) is 53.7 Å². The van der Waals surface area contributed by atoms with Gasteiger partial charge in [-0.15, -0.1) is 0 Å². The van der Waals surface area contributed by atoms with Gasteiger partial charge in [0.05, 0.1) is 26.4 Å². The summed E-state index contributed by atoms with van der Waals surface area (Å²) < 4.78 is 15.1. The molecule has 0 atom stereocenters. The van der Waals surface area contributed by atoms with Crippen LogP contribution in [0.5, 0.6) is 0 Å². The second kappa shape index (κ2) is 11.8. The minimum absolute atomic E-state index is 0.175. The van der Waals surface area contributed by atoms with Crippen LogP contribution in [0.1, 0.15) is 19.8 Å². The number of esters is 1. The smallest absolute Gasteiger partial charge is 0.320 e. The Morgan fingerprint density at radius 2 is 1.65 bits per heavy atom. The SMILES string of the molecule is CCCCOC(=O)CN(CCOC)CCOC. The fourth-order valence-electron chi connectivity index (χ4n) is 1.27. The molecule has 0 radical (unpaired) electrons. The predicted octanol–water partition coefficient (Wildman–Crippen LogP) is 0.925. The number of nitrogens with zero attached hydrogens (tertiary/aromatic N) is 1. The molecule has 5 heteroatoms. The molecule has 17 heavy (non-hydrogen) atoms. The van der Waals surface area contributed by atoms with E-state index in [1.54, 1.807) is 14.2 Å². The van der Waals surface area contributed by atoms with Crippen molar-refractivity contribution >= 4 is 5.97 Å². The summed E-state index contributed by atoms with van der Waals surface area (Å²) in [6.45, 7) is 5.51. The van der Waals surface area contributed by atoms with E-state index in [1.165, 1.54) is 0 Å². The topological polar surface area (TPSA) is 48.0 Å². The van der Waals surface area contributed by atoms with Crippen LogP contribution in [-0.4, -0.2) is 64.5 Å². The molecule has 0 aromatic carbocycles. The maximum Gasteiger partial charge on any atom is 0.320 e. The van der Waals surface area contributed by atoms with Crippen molar-refractivity contribution in [1.82, 2.24) is 4.90 Å². The fourth-order valence-corrected chi connectivity index (χ4v) is 1.27. The first-order valence-electron chi connectivity index (χ1n) is 6.10. The number of unbranched alkanes of at least 4 members (excludes halogenated alkanes) is 1. The van der Waals surface area contributed by atoms with Gasteiger partial charge in [0.25, 0.3) is 0 Å². The molecule has 0 aromatic heterocycles. The number of ether oxygens (including phenoxy) is 3. The number of carbonyl (C=O) groups is 1. The van der Waals surface area contributed by atoms with E-state index in [1.807, 2.05) is 4.90 Å². The Morgan fingerprint density at radius 1 is 1.06 bits per heavy atom. The minimum atomic E-state index is -0.175. The summed E-state index contributed by atoms with van der Waals surface area (Å²) in [4.78, 5) is 13.5. The summed E-state index contributed by atoms with van der Waals surface area (Å²) in [5.41, 5.74) is 0. The van der Waals surface area contributed by atoms with Crippen LogP contribution in [0.25, 0.3) is 0 Å². The van der Waals surface area contributed by atoms with Crippen molar-refractivity contribution in [2.45, 2.75) is 19.8 Å².